The lowest BCUT2D eigenvalue weighted by atomic mass is 10.1. The van der Waals surface area contributed by atoms with E-state index in [0.29, 0.717) is 18.6 Å². The van der Waals surface area contributed by atoms with E-state index in [1.807, 2.05) is 4.57 Å². The van der Waals surface area contributed by atoms with Crippen molar-refractivity contribution in [1.29, 1.82) is 0 Å². The maximum absolute atomic E-state index is 13.7. The van der Waals surface area contributed by atoms with Crippen LogP contribution in [0.1, 0.15) is 37.5 Å². The Morgan fingerprint density at radius 1 is 1.17 bits per heavy atom. The van der Waals surface area contributed by atoms with Crippen molar-refractivity contribution >= 4 is 17.0 Å². The number of nitrogens with one attached hydrogen (secondary N) is 1. The van der Waals surface area contributed by atoms with Crippen LogP contribution in [-0.2, 0) is 9.47 Å². The maximum Gasteiger partial charge on any atom is 0.167 e. The summed E-state index contributed by atoms with van der Waals surface area (Å²) in [6.07, 6.45) is 6.40. The standard InChI is InChI=1S/C22H22FN5O2/c23-18-7-2-1-4-15(18)5-3-6-17-8-9-19(30-17)28-14-26-20-21(24-13-25-22(20)28)27-16-10-11-29-12-16/h1-2,4,7,13-14,16-17,19H,6,8-12H2,(H,24,25,27)/t16-,17+,19-/m1/s1. The molecule has 1 aromatic carbocycles. The number of anilines is 1. The summed E-state index contributed by atoms with van der Waals surface area (Å²) in [4.78, 5) is 13.3. The van der Waals surface area contributed by atoms with Gasteiger partial charge in [-0.15, -0.1) is 0 Å². The molecule has 0 aliphatic carbocycles. The van der Waals surface area contributed by atoms with Gasteiger partial charge in [-0.3, -0.25) is 4.57 Å². The van der Waals surface area contributed by atoms with Gasteiger partial charge in [-0.1, -0.05) is 24.0 Å². The molecule has 2 aliphatic heterocycles. The van der Waals surface area contributed by atoms with E-state index in [4.69, 9.17) is 9.47 Å². The van der Waals surface area contributed by atoms with E-state index >= 15 is 0 Å². The fraction of sp³-hybridized carbons (Fsp3) is 0.409. The zero-order chi connectivity index (χ0) is 20.3. The Bertz CT molecular complexity index is 1100. The van der Waals surface area contributed by atoms with E-state index in [9.17, 15) is 4.39 Å². The highest BCUT2D eigenvalue weighted by atomic mass is 19.1. The number of fused-ring (bicyclic) bond motifs is 1. The normalized spacial score (nSPS) is 23.4. The lowest BCUT2D eigenvalue weighted by molar-refractivity contribution is 0.00686. The van der Waals surface area contributed by atoms with Crippen molar-refractivity contribution in [3.8, 4) is 11.8 Å². The quantitative estimate of drug-likeness (QED) is 0.669. The molecule has 0 bridgehead atoms. The average molecular weight is 407 g/mol. The van der Waals surface area contributed by atoms with Crippen LogP contribution in [0, 0.1) is 17.7 Å². The number of benzene rings is 1. The molecule has 0 radical (unpaired) electrons. The van der Waals surface area contributed by atoms with Crippen LogP contribution in [0.25, 0.3) is 11.2 Å². The molecule has 2 aliphatic rings. The zero-order valence-corrected chi connectivity index (χ0v) is 16.4. The fourth-order valence-electron chi connectivity index (χ4n) is 3.87. The molecule has 8 heteroatoms. The van der Waals surface area contributed by atoms with Crippen molar-refractivity contribution in [2.75, 3.05) is 18.5 Å². The first-order valence-corrected chi connectivity index (χ1v) is 10.2. The highest BCUT2D eigenvalue weighted by molar-refractivity contribution is 5.82. The second-order valence-corrected chi connectivity index (χ2v) is 7.53. The first-order valence-electron chi connectivity index (χ1n) is 10.2. The molecule has 2 fully saturated rings. The SMILES string of the molecule is Fc1ccccc1C#CC[C@H]1CC[C@H](n2cnc3c(N[C@@H]4CCOC4)ncnc32)O1. The van der Waals surface area contributed by atoms with Gasteiger partial charge < -0.3 is 14.8 Å². The van der Waals surface area contributed by atoms with E-state index in [1.54, 1.807) is 30.9 Å². The van der Waals surface area contributed by atoms with Crippen LogP contribution in [0.5, 0.6) is 0 Å². The second-order valence-electron chi connectivity index (χ2n) is 7.53. The average Bonchev–Trinajstić information content (AvgIpc) is 3.50. The van der Waals surface area contributed by atoms with E-state index < -0.39 is 0 Å². The summed E-state index contributed by atoms with van der Waals surface area (Å²) in [5.74, 6) is 6.37. The minimum absolute atomic E-state index is 0.00166. The summed E-state index contributed by atoms with van der Waals surface area (Å²) < 4.78 is 27.2. The van der Waals surface area contributed by atoms with Crippen LogP contribution in [-0.4, -0.2) is 44.9 Å². The van der Waals surface area contributed by atoms with Crippen molar-refractivity contribution in [1.82, 2.24) is 19.5 Å². The Kier molecular flexibility index (Phi) is 5.30. The Morgan fingerprint density at radius 2 is 2.10 bits per heavy atom. The van der Waals surface area contributed by atoms with Crippen molar-refractivity contribution in [3.05, 3.63) is 48.3 Å². The number of hydrogen-bond donors (Lipinski definition) is 1. The Labute approximate surface area is 173 Å². The summed E-state index contributed by atoms with van der Waals surface area (Å²) in [5.41, 5.74) is 1.89. The number of nitrogens with zero attached hydrogens (tertiary/aromatic N) is 4. The first kappa shape index (κ1) is 19.0. The monoisotopic (exact) mass is 407 g/mol. The second kappa shape index (κ2) is 8.38. The lowest BCUT2D eigenvalue weighted by Crippen LogP contribution is -2.20. The summed E-state index contributed by atoms with van der Waals surface area (Å²) >= 11 is 0. The first-order chi connectivity index (χ1) is 14.8. The minimum atomic E-state index is -0.298. The van der Waals surface area contributed by atoms with E-state index in [1.165, 1.54) is 6.07 Å². The molecule has 5 rings (SSSR count). The van der Waals surface area contributed by atoms with Gasteiger partial charge in [-0.2, -0.15) is 0 Å². The van der Waals surface area contributed by atoms with Gasteiger partial charge in [0.1, 0.15) is 18.4 Å². The number of imidazole rings is 1. The van der Waals surface area contributed by atoms with Crippen LogP contribution >= 0.6 is 0 Å². The number of rotatable bonds is 4. The van der Waals surface area contributed by atoms with Gasteiger partial charge in [0.2, 0.25) is 0 Å². The minimum Gasteiger partial charge on any atom is -0.379 e. The fourth-order valence-corrected chi connectivity index (χ4v) is 3.87. The van der Waals surface area contributed by atoms with Gasteiger partial charge in [-0.05, 0) is 31.4 Å². The Balaban J connectivity index is 1.27. The summed E-state index contributed by atoms with van der Waals surface area (Å²) in [5, 5.41) is 3.40. The summed E-state index contributed by atoms with van der Waals surface area (Å²) in [6, 6.07) is 6.78. The third-order valence-electron chi connectivity index (χ3n) is 5.45. The third-order valence-corrected chi connectivity index (χ3v) is 5.45. The van der Waals surface area contributed by atoms with Gasteiger partial charge in [0, 0.05) is 13.0 Å². The van der Waals surface area contributed by atoms with E-state index in [2.05, 4.69) is 32.1 Å². The van der Waals surface area contributed by atoms with Gasteiger partial charge in [0.05, 0.1) is 30.6 Å². The lowest BCUT2D eigenvalue weighted by Gasteiger charge is -2.14. The van der Waals surface area contributed by atoms with Crippen molar-refractivity contribution in [2.24, 2.45) is 0 Å². The number of hydrogen-bond acceptors (Lipinski definition) is 6. The van der Waals surface area contributed by atoms with Crippen LogP contribution in [0.15, 0.2) is 36.9 Å². The molecule has 1 N–H and O–H groups in total. The van der Waals surface area contributed by atoms with Gasteiger partial charge in [-0.25, -0.2) is 19.3 Å². The molecule has 3 atom stereocenters. The zero-order valence-electron chi connectivity index (χ0n) is 16.4. The largest absolute Gasteiger partial charge is 0.379 e. The Morgan fingerprint density at radius 3 is 2.97 bits per heavy atom. The number of halogens is 1. The third kappa shape index (κ3) is 3.86. The molecule has 0 saturated carbocycles. The maximum atomic E-state index is 13.7. The number of ether oxygens (including phenoxy) is 2. The molecule has 0 unspecified atom stereocenters. The summed E-state index contributed by atoms with van der Waals surface area (Å²) in [6.45, 7) is 1.44. The van der Waals surface area contributed by atoms with Gasteiger partial charge >= 0.3 is 0 Å². The topological polar surface area (TPSA) is 74.1 Å². The van der Waals surface area contributed by atoms with E-state index in [0.717, 1.165) is 42.9 Å². The molecule has 0 spiro atoms. The van der Waals surface area contributed by atoms with Gasteiger partial charge in [0.25, 0.3) is 0 Å². The molecule has 4 heterocycles. The molecular weight excluding hydrogens is 385 g/mol. The van der Waals surface area contributed by atoms with Crippen LogP contribution in [0.2, 0.25) is 0 Å². The molecule has 3 aromatic rings. The van der Waals surface area contributed by atoms with Gasteiger partial charge in [0.15, 0.2) is 17.0 Å². The van der Waals surface area contributed by atoms with Crippen molar-refractivity contribution in [2.45, 2.75) is 44.1 Å². The molecule has 0 amide bonds. The predicted molar refractivity (Wildman–Crippen MR) is 109 cm³/mol. The van der Waals surface area contributed by atoms with E-state index in [-0.39, 0.29) is 24.2 Å². The van der Waals surface area contributed by atoms with Crippen LogP contribution in [0.3, 0.4) is 0 Å². The molecule has 2 saturated heterocycles. The highest BCUT2D eigenvalue weighted by Gasteiger charge is 2.28. The molecule has 30 heavy (non-hydrogen) atoms. The van der Waals surface area contributed by atoms with Crippen molar-refractivity contribution in [3.63, 3.8) is 0 Å². The van der Waals surface area contributed by atoms with Crippen LogP contribution in [0.4, 0.5) is 10.2 Å². The predicted octanol–water partition coefficient (Wildman–Crippen LogP) is 3.29. The Hall–Kier alpha value is -3.02. The molecule has 7 nitrogen and oxygen atoms in total. The molecular formula is C22H22FN5O2. The van der Waals surface area contributed by atoms with Crippen LogP contribution < -0.4 is 5.32 Å². The number of aromatic nitrogens is 4. The van der Waals surface area contributed by atoms with Crippen molar-refractivity contribution < 1.29 is 13.9 Å². The highest BCUT2D eigenvalue weighted by Crippen LogP contribution is 2.32. The molecule has 154 valence electrons. The summed E-state index contributed by atoms with van der Waals surface area (Å²) in [7, 11) is 0. The smallest absolute Gasteiger partial charge is 0.167 e. The molecule has 2 aromatic heterocycles.